The van der Waals surface area contributed by atoms with E-state index in [1.807, 2.05) is 39.0 Å². The van der Waals surface area contributed by atoms with E-state index < -0.39 is 77.0 Å². The first-order valence-electron chi connectivity index (χ1n) is 41.2. The van der Waals surface area contributed by atoms with Crippen molar-refractivity contribution in [1.82, 2.24) is 46.5 Å². The van der Waals surface area contributed by atoms with Gasteiger partial charge in [-0.25, -0.2) is 74.9 Å². The van der Waals surface area contributed by atoms with E-state index in [1.54, 1.807) is 135 Å². The number of para-hydroxylation sites is 3. The fourth-order valence-corrected chi connectivity index (χ4v) is 19.0. The largest absolute Gasteiger partial charge is 0.496 e. The van der Waals surface area contributed by atoms with Gasteiger partial charge in [0.05, 0.1) is 77.3 Å². The highest BCUT2D eigenvalue weighted by atomic mass is 32.2. The summed E-state index contributed by atoms with van der Waals surface area (Å²) >= 11 is 0. The normalized spacial score (nSPS) is 12.2. The number of ether oxygens (including phenoxy) is 5. The monoisotopic (exact) mass is 1860 g/mol. The number of rotatable bonds is 23. The lowest BCUT2D eigenvalue weighted by Crippen LogP contribution is -2.38. The van der Waals surface area contributed by atoms with Crippen molar-refractivity contribution in [1.29, 1.82) is 0 Å². The summed E-state index contributed by atoms with van der Waals surface area (Å²) in [6.45, 7) is 8.81. The summed E-state index contributed by atoms with van der Waals surface area (Å²) in [7, 11) is 1.52. The summed E-state index contributed by atoms with van der Waals surface area (Å²) < 4.78 is 160. The molecule has 0 aliphatic carbocycles. The SMILES string of the molecule is COc1ccccc1-c1cn(S(=O)(=O)c2ccc(C)cc2)c2ncc(-c3cc(F)c(N)c(C(=O)N(C)C)c3)cc12.COc1ccccc1-c1cn(S(=O)(=O)c2ccc(C)cc2)c2ncc(-c3cc(F)c(N=C=O)c(C(=O)N(C)C)c3)cc12.COc1ccccc1-c1cn(S(=O)(=O)c2ccc(C)cc2)c2ncc(-c3cc(F)c(NC(=O)OCCN4CCOCC4)c(C(=O)N(C)C)c3)cc12. The second-order valence-electron chi connectivity index (χ2n) is 31.5. The molecule has 15 aromatic rings. The molecule has 0 spiro atoms. The van der Waals surface area contributed by atoms with Crippen LogP contribution in [-0.2, 0) is 44.3 Å². The van der Waals surface area contributed by atoms with Crippen LogP contribution in [0.5, 0.6) is 17.2 Å². The van der Waals surface area contributed by atoms with Gasteiger partial charge in [-0.15, -0.1) is 0 Å². The topological polar surface area (TPSA) is 351 Å². The van der Waals surface area contributed by atoms with Gasteiger partial charge in [-0.3, -0.25) is 24.6 Å². The average Bonchev–Trinajstić information content (AvgIpc) is 1.60. The fraction of sp³-hybridized carbons (Fsp3) is 0.184. The number of morpholine rings is 1. The number of aromatic nitrogens is 6. The van der Waals surface area contributed by atoms with E-state index in [0.29, 0.717) is 109 Å². The van der Waals surface area contributed by atoms with Crippen LogP contribution in [0.3, 0.4) is 0 Å². The van der Waals surface area contributed by atoms with E-state index in [9.17, 15) is 53.6 Å². The lowest BCUT2D eigenvalue weighted by atomic mass is 9.99. The minimum atomic E-state index is -4.09. The van der Waals surface area contributed by atoms with Crippen LogP contribution in [0.4, 0.5) is 35.0 Å². The molecule has 1 fully saturated rings. The summed E-state index contributed by atoms with van der Waals surface area (Å²) in [5.41, 5.74) is 13.5. The molecule has 0 unspecified atom stereocenters. The molecule has 0 bridgehead atoms. The van der Waals surface area contributed by atoms with Gasteiger partial charge in [0.25, 0.3) is 47.8 Å². The first kappa shape index (κ1) is 94.0. The third kappa shape index (κ3) is 19.4. The number of anilines is 2. The van der Waals surface area contributed by atoms with Crippen LogP contribution in [0.25, 0.3) is 99.9 Å². The van der Waals surface area contributed by atoms with Crippen molar-refractivity contribution < 1.29 is 86.1 Å². The Labute approximate surface area is 764 Å². The zero-order valence-corrected chi connectivity index (χ0v) is 76.6. The van der Waals surface area contributed by atoms with Crippen LogP contribution < -0.4 is 25.3 Å². The number of amides is 4. The molecular weight excluding hydrogens is 1770 g/mol. The maximum atomic E-state index is 15.9. The number of pyridine rings is 3. The number of hydrogen-bond donors (Lipinski definition) is 2. The number of nitrogen functional groups attached to an aromatic ring is 1. The molecule has 29 nitrogen and oxygen atoms in total. The van der Waals surface area contributed by atoms with Crippen molar-refractivity contribution in [3.8, 4) is 84.0 Å². The minimum absolute atomic E-state index is 0.0181. The molecule has 0 atom stereocenters. The standard InChI is InChI=1S/C37H38FN5O7S.C31H25FN4O5S.C30H27FN4O4S/c1-24-9-11-27(12-10-24)51(46,47)43-23-31(28-7-5-6-8-33(28)48-4)29-20-26(22-39-35(29)43)25-19-30(36(44)41(2)3)34(32(38)21-25)40-37(45)50-18-15-42-13-16-49-17-14-42;1-19-9-11-22(12-10-19)42(39,40)36-17-26(23-7-5-6-8-28(23)41-4)24-14-21(16-33-30(24)36)20-13-25(31(38)35(2)3)29(34-18-37)27(32)15-20;1-18-9-11-21(12-10-18)40(37,38)35-17-25(22-7-5-6-8-27(22)39-4)23-14-20(16-33-29(23)35)19-13-24(30(36)34(2)3)28(32)26(31)15-19/h5-12,19-23H,13-18H2,1-4H3,(H,40,45);5-17H,1-4H3;5-17H,32H2,1-4H3. The van der Waals surface area contributed by atoms with Gasteiger partial charge in [0, 0.05) is 165 Å². The third-order valence-corrected chi connectivity index (χ3v) is 27.1. The number of fused-ring (bicyclic) bond motifs is 3. The second-order valence-corrected chi connectivity index (χ2v) is 37.0. The Morgan fingerprint density at radius 1 is 0.451 bits per heavy atom. The number of aryl methyl sites for hydroxylation is 3. The molecule has 9 aromatic carbocycles. The molecule has 4 amide bonds. The van der Waals surface area contributed by atoms with Crippen LogP contribution in [0.1, 0.15) is 47.8 Å². The van der Waals surface area contributed by atoms with Crippen LogP contribution >= 0.6 is 0 Å². The van der Waals surface area contributed by atoms with Crippen molar-refractivity contribution in [2.75, 3.05) is 114 Å². The van der Waals surface area contributed by atoms with Gasteiger partial charge in [0.1, 0.15) is 41.2 Å². The van der Waals surface area contributed by atoms with Crippen LogP contribution in [-0.4, -0.2) is 205 Å². The number of halogens is 3. The highest BCUT2D eigenvalue weighted by Crippen LogP contribution is 2.45. The van der Waals surface area contributed by atoms with Gasteiger partial charge in [0.2, 0.25) is 6.08 Å². The van der Waals surface area contributed by atoms with Crippen molar-refractivity contribution in [3.63, 3.8) is 0 Å². The minimum Gasteiger partial charge on any atom is -0.496 e. The first-order valence-corrected chi connectivity index (χ1v) is 45.5. The van der Waals surface area contributed by atoms with E-state index in [2.05, 4.69) is 30.2 Å². The van der Waals surface area contributed by atoms with Gasteiger partial charge in [0.15, 0.2) is 22.8 Å². The summed E-state index contributed by atoms with van der Waals surface area (Å²) in [5, 5.41) is 3.80. The van der Waals surface area contributed by atoms with Crippen molar-refractivity contribution in [3.05, 3.63) is 288 Å². The zero-order chi connectivity index (χ0) is 95.2. The van der Waals surface area contributed by atoms with E-state index in [1.165, 1.54) is 162 Å². The lowest BCUT2D eigenvalue weighted by Gasteiger charge is -2.26. The molecule has 16 rings (SSSR count). The van der Waals surface area contributed by atoms with Crippen molar-refractivity contribution in [2.24, 2.45) is 4.99 Å². The third-order valence-electron chi connectivity index (χ3n) is 22.1. The number of benzene rings is 9. The number of isocyanates is 1. The van der Waals surface area contributed by atoms with E-state index >= 15 is 8.78 Å². The van der Waals surface area contributed by atoms with E-state index in [-0.39, 0.29) is 77.4 Å². The summed E-state index contributed by atoms with van der Waals surface area (Å²) in [4.78, 5) is 85.7. The fourth-order valence-electron chi connectivity index (χ4n) is 15.0. The van der Waals surface area contributed by atoms with Crippen LogP contribution in [0, 0.1) is 38.2 Å². The zero-order valence-electron chi connectivity index (χ0n) is 74.1. The molecule has 35 heteroatoms. The number of nitrogens with two attached hydrogens (primary N) is 1. The smallest absolute Gasteiger partial charge is 0.411 e. The number of nitrogens with one attached hydrogen (secondary N) is 1. The van der Waals surface area contributed by atoms with Crippen molar-refractivity contribution >= 4 is 110 Å². The Hall–Kier alpha value is -15.1. The number of aliphatic imine (C=N–C) groups is 1. The molecule has 3 N–H and O–H groups in total. The molecule has 1 aliphatic rings. The Morgan fingerprint density at radius 3 is 1.16 bits per heavy atom. The number of hydrogen-bond acceptors (Lipinski definition) is 22. The molecular formula is C98H90F3N13O16S3. The molecule has 7 heterocycles. The quantitative estimate of drug-likeness (QED) is 0.0341. The lowest BCUT2D eigenvalue weighted by molar-refractivity contribution is 0.0290. The predicted octanol–water partition coefficient (Wildman–Crippen LogP) is 16.7. The average molecular weight is 1860 g/mol. The van der Waals surface area contributed by atoms with Gasteiger partial charge in [-0.05, 0) is 147 Å². The van der Waals surface area contributed by atoms with Gasteiger partial charge < -0.3 is 44.1 Å². The van der Waals surface area contributed by atoms with Crippen molar-refractivity contribution in [2.45, 2.75) is 35.5 Å². The number of nitrogens with zero attached hydrogens (tertiary/aromatic N) is 11. The van der Waals surface area contributed by atoms with Crippen LogP contribution in [0.2, 0.25) is 0 Å². The number of methoxy groups -OCH3 is 3. The van der Waals surface area contributed by atoms with Gasteiger partial charge >= 0.3 is 6.09 Å². The molecule has 0 radical (unpaired) electrons. The first-order chi connectivity index (χ1) is 63.6. The number of carbonyl (C=O) groups excluding carboxylic acids is 5. The molecule has 682 valence electrons. The Bertz CT molecular complexity index is 7490. The maximum Gasteiger partial charge on any atom is 0.411 e. The Balaban J connectivity index is 0.000000162. The second kappa shape index (κ2) is 39.3. The molecule has 0 saturated carbocycles. The highest BCUT2D eigenvalue weighted by molar-refractivity contribution is 7.90. The summed E-state index contributed by atoms with van der Waals surface area (Å²) in [6.07, 6.45) is 9.15. The van der Waals surface area contributed by atoms with E-state index in [4.69, 9.17) is 29.4 Å². The van der Waals surface area contributed by atoms with E-state index in [0.717, 1.165) is 47.8 Å². The molecule has 1 aliphatic heterocycles. The predicted molar refractivity (Wildman–Crippen MR) is 501 cm³/mol. The summed E-state index contributed by atoms with van der Waals surface area (Å²) in [5.74, 6) is -2.52. The van der Waals surface area contributed by atoms with Gasteiger partial charge in [-0.2, -0.15) is 4.99 Å². The molecule has 1 saturated heterocycles. The maximum absolute atomic E-state index is 15.9. The Morgan fingerprint density at radius 2 is 0.789 bits per heavy atom. The number of carbonyl (C=O) groups is 4. The molecule has 6 aromatic heterocycles. The molecule has 133 heavy (non-hydrogen) atoms. The highest BCUT2D eigenvalue weighted by Gasteiger charge is 2.32. The Kier molecular flexibility index (Phi) is 27.8. The van der Waals surface area contributed by atoms with Gasteiger partial charge in [-0.1, -0.05) is 108 Å². The summed E-state index contributed by atoms with van der Waals surface area (Å²) in [6, 6.07) is 54.1. The van der Waals surface area contributed by atoms with Crippen LogP contribution in [0.15, 0.2) is 257 Å².